The second-order valence-electron chi connectivity index (χ2n) is 5.74. The normalized spacial score (nSPS) is 23.4. The maximum absolute atomic E-state index is 12.4. The van der Waals surface area contributed by atoms with Crippen molar-refractivity contribution in [2.24, 2.45) is 11.7 Å². The number of hydrogen-bond acceptors (Lipinski definition) is 2. The molecule has 1 aromatic carbocycles. The van der Waals surface area contributed by atoms with Crippen LogP contribution in [0.25, 0.3) is 0 Å². The highest BCUT2D eigenvalue weighted by Crippen LogP contribution is 2.22. The van der Waals surface area contributed by atoms with E-state index in [4.69, 9.17) is 5.73 Å². The van der Waals surface area contributed by atoms with Crippen molar-refractivity contribution < 1.29 is 4.79 Å². The van der Waals surface area contributed by atoms with Gasteiger partial charge in [0.25, 0.3) is 0 Å². The molecular formula is C16H24N2O. The molecule has 0 aliphatic carbocycles. The summed E-state index contributed by atoms with van der Waals surface area (Å²) in [5, 5.41) is 0. The van der Waals surface area contributed by atoms with Crippen LogP contribution in [-0.2, 0) is 11.2 Å². The Kier molecular flexibility index (Phi) is 4.59. The first kappa shape index (κ1) is 14.1. The van der Waals surface area contributed by atoms with Gasteiger partial charge in [-0.25, -0.2) is 0 Å². The van der Waals surface area contributed by atoms with E-state index < -0.39 is 0 Å². The second kappa shape index (κ2) is 6.20. The molecule has 104 valence electrons. The summed E-state index contributed by atoms with van der Waals surface area (Å²) in [5.41, 5.74) is 8.06. The maximum Gasteiger partial charge on any atom is 0.227 e. The monoisotopic (exact) mass is 260 g/mol. The lowest BCUT2D eigenvalue weighted by Crippen LogP contribution is -2.47. The van der Waals surface area contributed by atoms with Crippen LogP contribution in [0.3, 0.4) is 0 Å². The topological polar surface area (TPSA) is 46.3 Å². The highest BCUT2D eigenvalue weighted by atomic mass is 16.2. The van der Waals surface area contributed by atoms with E-state index in [0.29, 0.717) is 24.9 Å². The number of piperidine rings is 1. The van der Waals surface area contributed by atoms with Gasteiger partial charge in [-0.05, 0) is 44.7 Å². The fourth-order valence-electron chi connectivity index (χ4n) is 2.70. The molecule has 1 heterocycles. The zero-order valence-corrected chi connectivity index (χ0v) is 11.9. The van der Waals surface area contributed by atoms with E-state index in [1.54, 1.807) is 0 Å². The molecule has 1 fully saturated rings. The van der Waals surface area contributed by atoms with E-state index in [1.807, 2.05) is 17.0 Å². The van der Waals surface area contributed by atoms with E-state index in [2.05, 4.69) is 26.0 Å². The maximum atomic E-state index is 12.4. The Morgan fingerprint density at radius 1 is 1.32 bits per heavy atom. The van der Waals surface area contributed by atoms with E-state index >= 15 is 0 Å². The summed E-state index contributed by atoms with van der Waals surface area (Å²) < 4.78 is 0. The molecule has 2 atom stereocenters. The number of nitrogens with zero attached hydrogens (tertiary/aromatic N) is 1. The van der Waals surface area contributed by atoms with Crippen LogP contribution in [0.15, 0.2) is 24.3 Å². The Bertz CT molecular complexity index is 427. The van der Waals surface area contributed by atoms with Gasteiger partial charge >= 0.3 is 0 Å². The van der Waals surface area contributed by atoms with Crippen LogP contribution in [0.1, 0.15) is 30.9 Å². The van der Waals surface area contributed by atoms with E-state index in [1.165, 1.54) is 5.56 Å². The van der Waals surface area contributed by atoms with E-state index in [0.717, 1.165) is 24.9 Å². The smallest absolute Gasteiger partial charge is 0.227 e. The van der Waals surface area contributed by atoms with Gasteiger partial charge in [0.05, 0.1) is 6.42 Å². The summed E-state index contributed by atoms with van der Waals surface area (Å²) in [6.07, 6.45) is 2.72. The number of benzene rings is 1. The minimum Gasteiger partial charge on any atom is -0.339 e. The number of likely N-dealkylation sites (tertiary alicyclic amines) is 1. The summed E-state index contributed by atoms with van der Waals surface area (Å²) in [7, 11) is 0. The standard InChI is InChI=1S/C16H24N2O/c1-12-3-6-14(7-4-12)9-16(19)18-11-15(10-17)8-5-13(18)2/h3-4,6-7,13,15H,5,8-11,17H2,1-2H3. The van der Waals surface area contributed by atoms with Gasteiger partial charge < -0.3 is 10.6 Å². The summed E-state index contributed by atoms with van der Waals surface area (Å²) in [6, 6.07) is 8.56. The molecule has 1 saturated heterocycles. The third-order valence-electron chi connectivity index (χ3n) is 4.11. The Balaban J connectivity index is 2.00. The van der Waals surface area contributed by atoms with Crippen LogP contribution < -0.4 is 5.73 Å². The number of hydrogen-bond donors (Lipinski definition) is 1. The second-order valence-corrected chi connectivity index (χ2v) is 5.74. The van der Waals surface area contributed by atoms with Gasteiger partial charge in [-0.1, -0.05) is 29.8 Å². The molecule has 1 aromatic rings. The van der Waals surface area contributed by atoms with Gasteiger partial charge in [-0.2, -0.15) is 0 Å². The fraction of sp³-hybridized carbons (Fsp3) is 0.562. The van der Waals surface area contributed by atoms with Crippen LogP contribution in [0.2, 0.25) is 0 Å². The summed E-state index contributed by atoms with van der Waals surface area (Å²) in [4.78, 5) is 14.4. The first-order valence-corrected chi connectivity index (χ1v) is 7.15. The first-order valence-electron chi connectivity index (χ1n) is 7.15. The van der Waals surface area contributed by atoms with Gasteiger partial charge in [-0.3, -0.25) is 4.79 Å². The third-order valence-corrected chi connectivity index (χ3v) is 4.11. The molecule has 3 heteroatoms. The highest BCUT2D eigenvalue weighted by molar-refractivity contribution is 5.79. The van der Waals surface area contributed by atoms with Crippen molar-refractivity contribution >= 4 is 5.91 Å². The van der Waals surface area contributed by atoms with Crippen LogP contribution in [-0.4, -0.2) is 29.9 Å². The molecule has 0 aromatic heterocycles. The number of carbonyl (C=O) groups is 1. The lowest BCUT2D eigenvalue weighted by Gasteiger charge is -2.37. The molecule has 0 saturated carbocycles. The van der Waals surface area contributed by atoms with Crippen molar-refractivity contribution in [1.29, 1.82) is 0 Å². The molecule has 0 bridgehead atoms. The molecule has 1 aliphatic heterocycles. The molecule has 2 N–H and O–H groups in total. The van der Waals surface area contributed by atoms with E-state index in [-0.39, 0.29) is 5.91 Å². The molecular weight excluding hydrogens is 236 g/mol. The lowest BCUT2D eigenvalue weighted by atomic mass is 9.93. The predicted molar refractivity (Wildman–Crippen MR) is 77.8 cm³/mol. The lowest BCUT2D eigenvalue weighted by molar-refractivity contribution is -0.134. The SMILES string of the molecule is Cc1ccc(CC(=O)N2CC(CN)CCC2C)cc1. The van der Waals surface area contributed by atoms with Crippen molar-refractivity contribution in [3.63, 3.8) is 0 Å². The molecule has 19 heavy (non-hydrogen) atoms. The van der Waals surface area contributed by atoms with E-state index in [9.17, 15) is 4.79 Å². The summed E-state index contributed by atoms with van der Waals surface area (Å²) in [6.45, 7) is 5.70. The highest BCUT2D eigenvalue weighted by Gasteiger charge is 2.27. The fourth-order valence-corrected chi connectivity index (χ4v) is 2.70. The Labute approximate surface area is 115 Å². The van der Waals surface area contributed by atoms with Crippen molar-refractivity contribution in [3.05, 3.63) is 35.4 Å². The van der Waals surface area contributed by atoms with Crippen LogP contribution in [0.4, 0.5) is 0 Å². The van der Waals surface area contributed by atoms with Crippen LogP contribution >= 0.6 is 0 Å². The number of rotatable bonds is 3. The van der Waals surface area contributed by atoms with Gasteiger partial charge in [0, 0.05) is 12.6 Å². The van der Waals surface area contributed by atoms with Gasteiger partial charge in [0.15, 0.2) is 0 Å². The quantitative estimate of drug-likeness (QED) is 0.905. The van der Waals surface area contributed by atoms with Crippen LogP contribution in [0.5, 0.6) is 0 Å². The summed E-state index contributed by atoms with van der Waals surface area (Å²) in [5.74, 6) is 0.702. The van der Waals surface area contributed by atoms with Crippen molar-refractivity contribution in [1.82, 2.24) is 4.90 Å². The van der Waals surface area contributed by atoms with Crippen LogP contribution in [0, 0.1) is 12.8 Å². The third kappa shape index (κ3) is 3.57. The molecule has 0 radical (unpaired) electrons. The van der Waals surface area contributed by atoms with Gasteiger partial charge in [-0.15, -0.1) is 0 Å². The molecule has 1 aliphatic rings. The zero-order valence-electron chi connectivity index (χ0n) is 11.9. The largest absolute Gasteiger partial charge is 0.339 e. The Hall–Kier alpha value is -1.35. The molecule has 2 rings (SSSR count). The van der Waals surface area contributed by atoms with Crippen molar-refractivity contribution in [2.45, 2.75) is 39.2 Å². The number of amides is 1. The van der Waals surface area contributed by atoms with Gasteiger partial charge in [0.1, 0.15) is 0 Å². The number of aryl methyl sites for hydroxylation is 1. The number of carbonyl (C=O) groups excluding carboxylic acids is 1. The Morgan fingerprint density at radius 3 is 2.63 bits per heavy atom. The molecule has 1 amide bonds. The zero-order chi connectivity index (χ0) is 13.8. The minimum absolute atomic E-state index is 0.231. The average molecular weight is 260 g/mol. The number of nitrogens with two attached hydrogens (primary N) is 1. The Morgan fingerprint density at radius 2 is 2.00 bits per heavy atom. The average Bonchev–Trinajstić information content (AvgIpc) is 2.42. The molecule has 2 unspecified atom stereocenters. The van der Waals surface area contributed by atoms with Crippen molar-refractivity contribution in [2.75, 3.05) is 13.1 Å². The molecule has 3 nitrogen and oxygen atoms in total. The molecule has 0 spiro atoms. The summed E-state index contributed by atoms with van der Waals surface area (Å²) >= 11 is 0. The predicted octanol–water partition coefficient (Wildman–Crippen LogP) is 2.12. The first-order chi connectivity index (χ1) is 9.10. The van der Waals surface area contributed by atoms with Gasteiger partial charge in [0.2, 0.25) is 5.91 Å². The minimum atomic E-state index is 0.231. The van der Waals surface area contributed by atoms with Crippen molar-refractivity contribution in [3.8, 4) is 0 Å².